The fraction of sp³-hybridized carbons (Fsp3) is 0.600. The van der Waals surface area contributed by atoms with Gasteiger partial charge in [0.15, 0.2) is 5.78 Å². The van der Waals surface area contributed by atoms with Gasteiger partial charge in [-0.15, -0.1) is 0 Å². The summed E-state index contributed by atoms with van der Waals surface area (Å²) in [5.41, 5.74) is 8.94. The van der Waals surface area contributed by atoms with Crippen molar-refractivity contribution >= 4 is 11.7 Å². The molecule has 0 aliphatic heterocycles. The van der Waals surface area contributed by atoms with Crippen LogP contribution in [0.2, 0.25) is 0 Å². The Balaban J connectivity index is 1.54. The number of aryl methyl sites for hydroxylation is 2. The Bertz CT molecular complexity index is 637. The first-order valence-corrected chi connectivity index (χ1v) is 9.18. The number of nitrogens with two attached hydrogens (primary N) is 1. The van der Waals surface area contributed by atoms with Crippen molar-refractivity contribution in [2.75, 3.05) is 6.54 Å². The molecule has 0 saturated heterocycles. The van der Waals surface area contributed by atoms with Crippen LogP contribution in [0, 0.1) is 5.92 Å². The van der Waals surface area contributed by atoms with E-state index < -0.39 is 0 Å². The van der Waals surface area contributed by atoms with Gasteiger partial charge in [-0.25, -0.2) is 0 Å². The Morgan fingerprint density at radius 3 is 2.54 bits per heavy atom. The first kappa shape index (κ1) is 17.2. The zero-order valence-electron chi connectivity index (χ0n) is 14.6. The molecule has 1 atom stereocenters. The maximum Gasteiger partial charge on any atom is 0.220 e. The Hall–Kier alpha value is -1.68. The average Bonchev–Trinajstić information content (AvgIpc) is 3.44. The third-order valence-corrected chi connectivity index (χ3v) is 5.58. The summed E-state index contributed by atoms with van der Waals surface area (Å²) in [6, 6.07) is 6.03. The SMILES string of the molecule is CC(CN)(NC(=O)CCC(=O)c1ccc2c(c1)CCCC2)C1CC1. The molecule has 4 nitrogen and oxygen atoms in total. The van der Waals surface area contributed by atoms with Crippen LogP contribution in [-0.4, -0.2) is 23.8 Å². The molecule has 1 unspecified atom stereocenters. The zero-order chi connectivity index (χ0) is 17.2. The van der Waals surface area contributed by atoms with E-state index in [-0.39, 0.29) is 30.1 Å². The van der Waals surface area contributed by atoms with Gasteiger partial charge in [-0.05, 0) is 68.6 Å². The van der Waals surface area contributed by atoms with Crippen molar-refractivity contribution in [1.29, 1.82) is 0 Å². The van der Waals surface area contributed by atoms with Crippen LogP contribution in [0.5, 0.6) is 0 Å². The Morgan fingerprint density at radius 1 is 1.17 bits per heavy atom. The highest BCUT2D eigenvalue weighted by molar-refractivity contribution is 5.98. The summed E-state index contributed by atoms with van der Waals surface area (Å²) in [7, 11) is 0. The second kappa shape index (κ2) is 7.06. The lowest BCUT2D eigenvalue weighted by atomic mass is 9.89. The molecule has 1 amide bonds. The molecule has 0 spiro atoms. The van der Waals surface area contributed by atoms with E-state index in [9.17, 15) is 9.59 Å². The third kappa shape index (κ3) is 3.86. The molecular formula is C20H28N2O2. The summed E-state index contributed by atoms with van der Waals surface area (Å²) < 4.78 is 0. The molecule has 24 heavy (non-hydrogen) atoms. The number of carbonyl (C=O) groups is 2. The van der Waals surface area contributed by atoms with Crippen molar-refractivity contribution in [1.82, 2.24) is 5.32 Å². The number of ketones is 1. The van der Waals surface area contributed by atoms with Crippen molar-refractivity contribution in [3.63, 3.8) is 0 Å². The summed E-state index contributed by atoms with van der Waals surface area (Å²) in [4.78, 5) is 24.6. The molecule has 0 aromatic heterocycles. The van der Waals surface area contributed by atoms with E-state index in [1.165, 1.54) is 24.0 Å². The van der Waals surface area contributed by atoms with Crippen molar-refractivity contribution in [3.8, 4) is 0 Å². The largest absolute Gasteiger partial charge is 0.349 e. The molecule has 2 aliphatic rings. The van der Waals surface area contributed by atoms with Gasteiger partial charge >= 0.3 is 0 Å². The van der Waals surface area contributed by atoms with Crippen LogP contribution in [0.3, 0.4) is 0 Å². The fourth-order valence-corrected chi connectivity index (χ4v) is 3.70. The molecule has 1 saturated carbocycles. The minimum Gasteiger partial charge on any atom is -0.349 e. The van der Waals surface area contributed by atoms with Gasteiger partial charge in [0.1, 0.15) is 0 Å². The lowest BCUT2D eigenvalue weighted by Gasteiger charge is -2.29. The molecular weight excluding hydrogens is 300 g/mol. The predicted octanol–water partition coefficient (Wildman–Crippen LogP) is 2.77. The van der Waals surface area contributed by atoms with E-state index in [0.717, 1.165) is 31.2 Å². The first-order valence-electron chi connectivity index (χ1n) is 9.18. The molecule has 130 valence electrons. The molecule has 3 rings (SSSR count). The highest BCUT2D eigenvalue weighted by Crippen LogP contribution is 2.39. The number of carbonyl (C=O) groups excluding carboxylic acids is 2. The number of benzene rings is 1. The highest BCUT2D eigenvalue weighted by atomic mass is 16.2. The van der Waals surface area contributed by atoms with Crippen LogP contribution in [0.15, 0.2) is 18.2 Å². The normalized spacial score (nSPS) is 19.2. The van der Waals surface area contributed by atoms with Crippen molar-refractivity contribution in [2.24, 2.45) is 11.7 Å². The Morgan fingerprint density at radius 2 is 1.88 bits per heavy atom. The van der Waals surface area contributed by atoms with E-state index in [0.29, 0.717) is 12.5 Å². The summed E-state index contributed by atoms with van der Waals surface area (Å²) in [6.07, 6.45) is 7.36. The van der Waals surface area contributed by atoms with Crippen molar-refractivity contribution in [2.45, 2.75) is 63.8 Å². The van der Waals surface area contributed by atoms with E-state index in [1.807, 2.05) is 19.1 Å². The van der Waals surface area contributed by atoms with Crippen LogP contribution < -0.4 is 11.1 Å². The van der Waals surface area contributed by atoms with Crippen LogP contribution in [0.1, 0.15) is 66.9 Å². The lowest BCUT2D eigenvalue weighted by Crippen LogP contribution is -2.53. The van der Waals surface area contributed by atoms with E-state index in [4.69, 9.17) is 5.73 Å². The van der Waals surface area contributed by atoms with Gasteiger partial charge in [0.05, 0.1) is 5.54 Å². The van der Waals surface area contributed by atoms with Crippen LogP contribution in [-0.2, 0) is 17.6 Å². The minimum atomic E-state index is -0.314. The first-order chi connectivity index (χ1) is 11.5. The molecule has 4 heteroatoms. The molecule has 0 bridgehead atoms. The fourth-order valence-electron chi connectivity index (χ4n) is 3.70. The summed E-state index contributed by atoms with van der Waals surface area (Å²) in [5, 5.41) is 3.05. The topological polar surface area (TPSA) is 72.2 Å². The van der Waals surface area contributed by atoms with Gasteiger partial charge in [-0.3, -0.25) is 9.59 Å². The lowest BCUT2D eigenvalue weighted by molar-refractivity contribution is -0.123. The van der Waals surface area contributed by atoms with Gasteiger partial charge < -0.3 is 11.1 Å². The van der Waals surface area contributed by atoms with E-state index in [1.54, 1.807) is 0 Å². The quantitative estimate of drug-likeness (QED) is 0.756. The van der Waals surface area contributed by atoms with E-state index >= 15 is 0 Å². The van der Waals surface area contributed by atoms with Crippen molar-refractivity contribution in [3.05, 3.63) is 34.9 Å². The molecule has 1 aromatic carbocycles. The average molecular weight is 328 g/mol. The highest BCUT2D eigenvalue weighted by Gasteiger charge is 2.41. The van der Waals surface area contributed by atoms with Crippen LogP contribution >= 0.6 is 0 Å². The smallest absolute Gasteiger partial charge is 0.220 e. The molecule has 1 fully saturated rings. The summed E-state index contributed by atoms with van der Waals surface area (Å²) in [6.45, 7) is 2.45. The third-order valence-electron chi connectivity index (χ3n) is 5.58. The van der Waals surface area contributed by atoms with Gasteiger partial charge in [-0.1, -0.05) is 12.1 Å². The second-order valence-corrected chi connectivity index (χ2v) is 7.56. The summed E-state index contributed by atoms with van der Waals surface area (Å²) in [5.74, 6) is 0.475. The second-order valence-electron chi connectivity index (χ2n) is 7.56. The molecule has 0 heterocycles. The van der Waals surface area contributed by atoms with Crippen molar-refractivity contribution < 1.29 is 9.59 Å². The predicted molar refractivity (Wildman–Crippen MR) is 95.0 cm³/mol. The number of fused-ring (bicyclic) bond motifs is 1. The monoisotopic (exact) mass is 328 g/mol. The van der Waals surface area contributed by atoms with Gasteiger partial charge in [0.2, 0.25) is 5.91 Å². The molecule has 3 N–H and O–H groups in total. The maximum atomic E-state index is 12.4. The Labute approximate surface area is 144 Å². The minimum absolute atomic E-state index is 0.0550. The zero-order valence-corrected chi connectivity index (χ0v) is 14.6. The number of nitrogens with one attached hydrogen (secondary N) is 1. The number of hydrogen-bond acceptors (Lipinski definition) is 3. The maximum absolute atomic E-state index is 12.4. The number of Topliss-reactive ketones (excluding diaryl/α,β-unsaturated/α-hetero) is 1. The number of rotatable bonds is 7. The van der Waals surface area contributed by atoms with Crippen LogP contribution in [0.4, 0.5) is 0 Å². The number of amides is 1. The van der Waals surface area contributed by atoms with Gasteiger partial charge in [0, 0.05) is 24.9 Å². The molecule has 2 aliphatic carbocycles. The standard InChI is InChI=1S/C20H28N2O2/c1-20(13-21,17-8-9-17)22-19(24)11-10-18(23)16-7-6-14-4-2-3-5-15(14)12-16/h6-7,12,17H,2-5,8-11,13,21H2,1H3,(H,22,24). The van der Waals surface area contributed by atoms with E-state index in [2.05, 4.69) is 11.4 Å². The number of hydrogen-bond donors (Lipinski definition) is 2. The summed E-state index contributed by atoms with van der Waals surface area (Å²) >= 11 is 0. The van der Waals surface area contributed by atoms with Crippen LogP contribution in [0.25, 0.3) is 0 Å². The van der Waals surface area contributed by atoms with Gasteiger partial charge in [0.25, 0.3) is 0 Å². The molecule has 1 aromatic rings. The van der Waals surface area contributed by atoms with Gasteiger partial charge in [-0.2, -0.15) is 0 Å². The Kier molecular flexibility index (Phi) is 5.04. The molecule has 0 radical (unpaired) electrons.